The van der Waals surface area contributed by atoms with Gasteiger partial charge in [-0.2, -0.15) is 0 Å². The number of H-pyrrole nitrogens is 1. The molecule has 4 N–H and O–H groups in total. The smallest absolute Gasteiger partial charge is 0.246 e. The van der Waals surface area contributed by atoms with Crippen LogP contribution in [0.25, 0.3) is 17.0 Å². The molecule has 0 radical (unpaired) electrons. The third kappa shape index (κ3) is 6.97. The van der Waals surface area contributed by atoms with Crippen molar-refractivity contribution in [3.63, 3.8) is 0 Å². The summed E-state index contributed by atoms with van der Waals surface area (Å²) in [5.74, 6) is -0.730. The number of phenolic OH excluding ortho intramolecular Hbond substituents is 1. The van der Waals surface area contributed by atoms with Gasteiger partial charge in [0.05, 0.1) is 0 Å². The number of nitrogens with zero attached hydrogens (tertiary/aromatic N) is 1. The normalized spacial score (nSPS) is 13.0. The lowest BCUT2D eigenvalue weighted by atomic mass is 9.99. The molecule has 1 aromatic heterocycles. The molecule has 36 heavy (non-hydrogen) atoms. The minimum Gasteiger partial charge on any atom is -0.508 e. The average Bonchev–Trinajstić information content (AvgIpc) is 3.25. The number of likely N-dealkylation sites (N-methyl/N-ethyl adjacent to an activating group) is 1. The molecule has 190 valence electrons. The first kappa shape index (κ1) is 26.5. The molecule has 0 bridgehead atoms. The summed E-state index contributed by atoms with van der Waals surface area (Å²) in [4.78, 5) is 43.1. The summed E-state index contributed by atoms with van der Waals surface area (Å²) in [5, 5.41) is 16.1. The number of hydrogen-bond acceptors (Lipinski definition) is 4. The SMILES string of the molecule is CC(=O)N[C@@H](Cc1ccc(O)cc1)C(=O)N(C)[C@@H](CC(C)C)C(=O)N/C=C/c1c[nH]c2ccccc12. The fraction of sp³-hybridized carbons (Fsp3) is 0.321. The van der Waals surface area contributed by atoms with Gasteiger partial charge in [-0.3, -0.25) is 14.4 Å². The van der Waals surface area contributed by atoms with E-state index in [0.29, 0.717) is 6.42 Å². The molecular weight excluding hydrogens is 456 g/mol. The second-order valence-electron chi connectivity index (χ2n) is 9.35. The zero-order valence-corrected chi connectivity index (χ0v) is 21.1. The van der Waals surface area contributed by atoms with Crippen LogP contribution in [0.1, 0.15) is 38.3 Å². The van der Waals surface area contributed by atoms with E-state index in [2.05, 4.69) is 15.6 Å². The predicted octanol–water partition coefficient (Wildman–Crippen LogP) is 3.58. The zero-order chi connectivity index (χ0) is 26.2. The van der Waals surface area contributed by atoms with E-state index in [1.165, 1.54) is 24.0 Å². The third-order valence-corrected chi connectivity index (χ3v) is 5.97. The van der Waals surface area contributed by atoms with Crippen molar-refractivity contribution >= 4 is 34.7 Å². The molecule has 0 aliphatic heterocycles. The number of aromatic hydroxyl groups is 1. The Morgan fingerprint density at radius 1 is 1.08 bits per heavy atom. The minimum absolute atomic E-state index is 0.118. The van der Waals surface area contributed by atoms with E-state index < -0.39 is 12.1 Å². The van der Waals surface area contributed by atoms with Crippen molar-refractivity contribution in [1.29, 1.82) is 0 Å². The molecule has 2 atom stereocenters. The van der Waals surface area contributed by atoms with Crippen LogP contribution in [-0.2, 0) is 20.8 Å². The molecule has 0 unspecified atom stereocenters. The quantitative estimate of drug-likeness (QED) is 0.348. The lowest BCUT2D eigenvalue weighted by Crippen LogP contribution is -2.54. The Kier molecular flexibility index (Phi) is 8.89. The first-order chi connectivity index (χ1) is 17.2. The molecule has 0 fully saturated rings. The largest absolute Gasteiger partial charge is 0.508 e. The van der Waals surface area contributed by atoms with Crippen LogP contribution in [0.2, 0.25) is 0 Å². The number of aromatic nitrogens is 1. The van der Waals surface area contributed by atoms with Gasteiger partial charge >= 0.3 is 0 Å². The van der Waals surface area contributed by atoms with Gasteiger partial charge in [-0.25, -0.2) is 0 Å². The van der Waals surface area contributed by atoms with Crippen LogP contribution in [0, 0.1) is 5.92 Å². The Morgan fingerprint density at radius 3 is 2.44 bits per heavy atom. The highest BCUT2D eigenvalue weighted by Gasteiger charge is 2.32. The second-order valence-corrected chi connectivity index (χ2v) is 9.35. The van der Waals surface area contributed by atoms with Crippen LogP contribution in [0.4, 0.5) is 0 Å². The van der Waals surface area contributed by atoms with Crippen molar-refractivity contribution in [2.75, 3.05) is 7.05 Å². The number of para-hydroxylation sites is 1. The fourth-order valence-corrected chi connectivity index (χ4v) is 4.14. The van der Waals surface area contributed by atoms with Gasteiger partial charge in [0, 0.05) is 49.3 Å². The fourth-order valence-electron chi connectivity index (χ4n) is 4.14. The van der Waals surface area contributed by atoms with E-state index in [1.54, 1.807) is 25.4 Å². The Bertz CT molecular complexity index is 1230. The number of carbonyl (C=O) groups excluding carboxylic acids is 3. The molecule has 3 amide bonds. The molecule has 0 saturated heterocycles. The number of phenols is 1. The van der Waals surface area contributed by atoms with Gasteiger partial charge in [0.2, 0.25) is 17.7 Å². The highest BCUT2D eigenvalue weighted by molar-refractivity contribution is 5.93. The number of hydrogen-bond donors (Lipinski definition) is 4. The summed E-state index contributed by atoms with van der Waals surface area (Å²) in [6.07, 6.45) is 5.97. The van der Waals surface area contributed by atoms with Crippen molar-refractivity contribution in [2.24, 2.45) is 5.92 Å². The van der Waals surface area contributed by atoms with Gasteiger partial charge < -0.3 is 25.6 Å². The molecule has 8 heteroatoms. The Labute approximate surface area is 211 Å². The van der Waals surface area contributed by atoms with Gasteiger partial charge in [0.1, 0.15) is 17.8 Å². The van der Waals surface area contributed by atoms with Gasteiger partial charge in [-0.05, 0) is 42.2 Å². The lowest BCUT2D eigenvalue weighted by molar-refractivity contribution is -0.141. The third-order valence-electron chi connectivity index (χ3n) is 5.97. The standard InChI is InChI=1S/C28H34N4O4/c1-18(2)15-26(27(35)29-14-13-21-17-30-24-8-6-5-7-23(21)24)32(4)28(36)25(31-19(3)33)16-20-9-11-22(34)12-10-20/h5-14,17-18,25-26,30,34H,15-16H2,1-4H3,(H,29,35)(H,31,33)/b14-13+/t25-,26-/m0/s1. The second kappa shape index (κ2) is 12.1. The minimum atomic E-state index is -0.846. The maximum Gasteiger partial charge on any atom is 0.246 e. The average molecular weight is 491 g/mol. The number of benzene rings is 2. The first-order valence-electron chi connectivity index (χ1n) is 12.0. The molecule has 3 aromatic rings. The van der Waals surface area contributed by atoms with Gasteiger partial charge in [0.15, 0.2) is 0 Å². The molecule has 0 spiro atoms. The van der Waals surface area contributed by atoms with Crippen LogP contribution in [0.15, 0.2) is 60.9 Å². The van der Waals surface area contributed by atoms with Crippen molar-refractivity contribution in [1.82, 2.24) is 20.5 Å². The predicted molar refractivity (Wildman–Crippen MR) is 141 cm³/mol. The van der Waals surface area contributed by atoms with Crippen molar-refractivity contribution < 1.29 is 19.5 Å². The van der Waals surface area contributed by atoms with Gasteiger partial charge in [0.25, 0.3) is 0 Å². The van der Waals surface area contributed by atoms with Crippen molar-refractivity contribution in [3.8, 4) is 5.75 Å². The summed E-state index contributed by atoms with van der Waals surface area (Å²) < 4.78 is 0. The van der Waals surface area contributed by atoms with E-state index in [0.717, 1.165) is 22.0 Å². The van der Waals surface area contributed by atoms with Crippen LogP contribution >= 0.6 is 0 Å². The molecule has 3 rings (SSSR count). The summed E-state index contributed by atoms with van der Waals surface area (Å²) in [6.45, 7) is 5.33. The molecule has 2 aromatic carbocycles. The molecule has 0 aliphatic carbocycles. The zero-order valence-electron chi connectivity index (χ0n) is 21.1. The van der Waals surface area contributed by atoms with E-state index >= 15 is 0 Å². The number of carbonyl (C=O) groups is 3. The number of amides is 3. The van der Waals surface area contributed by atoms with Crippen LogP contribution < -0.4 is 10.6 Å². The number of fused-ring (bicyclic) bond motifs is 1. The summed E-state index contributed by atoms with van der Waals surface area (Å²) in [7, 11) is 1.59. The Balaban J connectivity index is 1.75. The Hall–Kier alpha value is -4.07. The number of aromatic amines is 1. The molecule has 8 nitrogen and oxygen atoms in total. The van der Waals surface area contributed by atoms with Gasteiger partial charge in [-0.1, -0.05) is 44.2 Å². The summed E-state index contributed by atoms with van der Waals surface area (Å²) in [6, 6.07) is 12.8. The van der Waals surface area contributed by atoms with E-state index in [9.17, 15) is 19.5 Å². The Morgan fingerprint density at radius 2 is 1.78 bits per heavy atom. The van der Waals surface area contributed by atoms with E-state index in [1.807, 2.05) is 50.4 Å². The topological polar surface area (TPSA) is 115 Å². The summed E-state index contributed by atoms with van der Waals surface area (Å²) >= 11 is 0. The highest BCUT2D eigenvalue weighted by atomic mass is 16.3. The summed E-state index contributed by atoms with van der Waals surface area (Å²) in [5.41, 5.74) is 2.72. The molecule has 0 aliphatic rings. The lowest BCUT2D eigenvalue weighted by Gasteiger charge is -2.31. The van der Waals surface area contributed by atoms with E-state index in [4.69, 9.17) is 0 Å². The van der Waals surface area contributed by atoms with Crippen molar-refractivity contribution in [3.05, 3.63) is 72.1 Å². The maximum atomic E-state index is 13.4. The van der Waals surface area contributed by atoms with E-state index in [-0.39, 0.29) is 35.8 Å². The maximum absolute atomic E-state index is 13.4. The van der Waals surface area contributed by atoms with Gasteiger partial charge in [-0.15, -0.1) is 0 Å². The first-order valence-corrected chi connectivity index (χ1v) is 12.0. The number of rotatable bonds is 10. The van der Waals surface area contributed by atoms with Crippen LogP contribution in [0.3, 0.4) is 0 Å². The molecule has 0 saturated carbocycles. The monoisotopic (exact) mass is 490 g/mol. The molecule has 1 heterocycles. The highest BCUT2D eigenvalue weighted by Crippen LogP contribution is 2.19. The van der Waals surface area contributed by atoms with Crippen molar-refractivity contribution in [2.45, 2.75) is 45.7 Å². The van der Waals surface area contributed by atoms with Crippen LogP contribution in [-0.4, -0.2) is 51.8 Å². The van der Waals surface area contributed by atoms with Crippen LogP contribution in [0.5, 0.6) is 5.75 Å². The molecular formula is C28H34N4O4. The number of nitrogens with one attached hydrogen (secondary N) is 3.